The van der Waals surface area contributed by atoms with Crippen LogP contribution in [0.4, 0.5) is 0 Å². The van der Waals surface area contributed by atoms with Crippen molar-refractivity contribution < 1.29 is 14.6 Å². The van der Waals surface area contributed by atoms with Crippen LogP contribution in [-0.4, -0.2) is 11.1 Å². The number of ether oxygens (including phenoxy) is 1. The van der Waals surface area contributed by atoms with Crippen molar-refractivity contribution in [3.05, 3.63) is 58.1 Å². The zero-order chi connectivity index (χ0) is 14.5. The summed E-state index contributed by atoms with van der Waals surface area (Å²) >= 11 is 3.28. The van der Waals surface area contributed by atoms with Gasteiger partial charge in [0.1, 0.15) is 11.5 Å². The van der Waals surface area contributed by atoms with Crippen molar-refractivity contribution in [1.29, 1.82) is 0 Å². The van der Waals surface area contributed by atoms with Gasteiger partial charge in [-0.25, -0.2) is 4.79 Å². The maximum absolute atomic E-state index is 11.0. The van der Waals surface area contributed by atoms with Crippen molar-refractivity contribution in [3.8, 4) is 11.5 Å². The summed E-state index contributed by atoms with van der Waals surface area (Å²) in [6.07, 6.45) is 2.15. The molecule has 0 unspecified atom stereocenters. The second-order valence-corrected chi connectivity index (χ2v) is 5.39. The Bertz CT molecular complexity index is 606. The Morgan fingerprint density at radius 2 is 1.85 bits per heavy atom. The van der Waals surface area contributed by atoms with Gasteiger partial charge in [-0.15, -0.1) is 0 Å². The molecule has 4 heteroatoms. The fourth-order valence-corrected chi connectivity index (χ4v) is 2.37. The van der Waals surface area contributed by atoms with Gasteiger partial charge in [-0.05, 0) is 42.3 Å². The molecule has 20 heavy (non-hydrogen) atoms. The van der Waals surface area contributed by atoms with Gasteiger partial charge in [0.05, 0.1) is 5.56 Å². The summed E-state index contributed by atoms with van der Waals surface area (Å²) in [5, 5.41) is 9.02. The highest BCUT2D eigenvalue weighted by Crippen LogP contribution is 2.26. The minimum Gasteiger partial charge on any atom is -0.478 e. The normalized spacial score (nSPS) is 10.3. The number of hydrogen-bond acceptors (Lipinski definition) is 2. The standard InChI is InChI=1S/C16H15BrO3/c1-2-3-11-4-6-14(7-5-11)20-15-9-12(16(18)19)8-13(17)10-15/h4-10H,2-3H2,1H3,(H,18,19). The third-order valence-electron chi connectivity index (χ3n) is 2.82. The first-order chi connectivity index (χ1) is 9.58. The Balaban J connectivity index is 2.19. The van der Waals surface area contributed by atoms with Gasteiger partial charge in [0.15, 0.2) is 0 Å². The summed E-state index contributed by atoms with van der Waals surface area (Å²) in [7, 11) is 0. The lowest BCUT2D eigenvalue weighted by molar-refractivity contribution is 0.0696. The van der Waals surface area contributed by atoms with Crippen molar-refractivity contribution in [3.63, 3.8) is 0 Å². The van der Waals surface area contributed by atoms with Gasteiger partial charge in [-0.2, -0.15) is 0 Å². The molecule has 0 aliphatic heterocycles. The molecule has 0 atom stereocenters. The van der Waals surface area contributed by atoms with Crippen LogP contribution in [-0.2, 0) is 6.42 Å². The largest absolute Gasteiger partial charge is 0.478 e. The molecular formula is C16H15BrO3. The number of aryl methyl sites for hydroxylation is 1. The first-order valence-corrected chi connectivity index (χ1v) is 7.18. The third-order valence-corrected chi connectivity index (χ3v) is 3.27. The molecule has 2 rings (SSSR count). The fourth-order valence-electron chi connectivity index (χ4n) is 1.89. The predicted molar refractivity (Wildman–Crippen MR) is 81.6 cm³/mol. The topological polar surface area (TPSA) is 46.5 Å². The van der Waals surface area contributed by atoms with Crippen LogP contribution in [0.2, 0.25) is 0 Å². The van der Waals surface area contributed by atoms with E-state index in [-0.39, 0.29) is 5.56 Å². The molecule has 2 aromatic carbocycles. The number of aromatic carboxylic acids is 1. The Labute approximate surface area is 126 Å². The lowest BCUT2D eigenvalue weighted by atomic mass is 10.1. The van der Waals surface area contributed by atoms with Crippen LogP contribution in [0.15, 0.2) is 46.9 Å². The second kappa shape index (κ2) is 6.57. The van der Waals surface area contributed by atoms with Crippen LogP contribution < -0.4 is 4.74 Å². The Morgan fingerprint density at radius 3 is 2.45 bits per heavy atom. The molecule has 0 spiro atoms. The van der Waals surface area contributed by atoms with E-state index in [2.05, 4.69) is 22.9 Å². The average Bonchev–Trinajstić information content (AvgIpc) is 2.40. The van der Waals surface area contributed by atoms with Crippen molar-refractivity contribution in [2.24, 2.45) is 0 Å². The SMILES string of the molecule is CCCc1ccc(Oc2cc(Br)cc(C(=O)O)c2)cc1. The first-order valence-electron chi connectivity index (χ1n) is 6.39. The first kappa shape index (κ1) is 14.6. The molecule has 104 valence electrons. The molecule has 0 aliphatic rings. The monoisotopic (exact) mass is 334 g/mol. The average molecular weight is 335 g/mol. The highest BCUT2D eigenvalue weighted by molar-refractivity contribution is 9.10. The Kier molecular flexibility index (Phi) is 4.79. The van der Waals surface area contributed by atoms with Gasteiger partial charge in [-0.3, -0.25) is 0 Å². The van der Waals surface area contributed by atoms with E-state index in [0.29, 0.717) is 16.0 Å². The van der Waals surface area contributed by atoms with E-state index >= 15 is 0 Å². The predicted octanol–water partition coefficient (Wildman–Crippen LogP) is 4.89. The van der Waals surface area contributed by atoms with E-state index in [4.69, 9.17) is 9.84 Å². The molecule has 0 heterocycles. The van der Waals surface area contributed by atoms with E-state index in [1.807, 2.05) is 24.3 Å². The van der Waals surface area contributed by atoms with Crippen molar-refractivity contribution in [2.45, 2.75) is 19.8 Å². The van der Waals surface area contributed by atoms with Crippen molar-refractivity contribution in [1.82, 2.24) is 0 Å². The fraction of sp³-hybridized carbons (Fsp3) is 0.188. The molecule has 3 nitrogen and oxygen atoms in total. The van der Waals surface area contributed by atoms with Crippen molar-refractivity contribution >= 4 is 21.9 Å². The zero-order valence-electron chi connectivity index (χ0n) is 11.1. The molecule has 0 radical (unpaired) electrons. The minimum atomic E-state index is -0.977. The van der Waals surface area contributed by atoms with Crippen LogP contribution in [0.25, 0.3) is 0 Å². The van der Waals surface area contributed by atoms with Crippen LogP contribution in [0.1, 0.15) is 29.3 Å². The molecule has 0 amide bonds. The van der Waals surface area contributed by atoms with E-state index in [1.54, 1.807) is 12.1 Å². The van der Waals surface area contributed by atoms with Crippen LogP contribution in [0.3, 0.4) is 0 Å². The maximum atomic E-state index is 11.0. The van der Waals surface area contributed by atoms with Gasteiger partial charge < -0.3 is 9.84 Å². The Hall–Kier alpha value is -1.81. The van der Waals surface area contributed by atoms with Crippen LogP contribution in [0, 0.1) is 0 Å². The Morgan fingerprint density at radius 1 is 1.15 bits per heavy atom. The number of benzene rings is 2. The van der Waals surface area contributed by atoms with Crippen LogP contribution in [0.5, 0.6) is 11.5 Å². The number of carboxylic acid groups (broad SMARTS) is 1. The summed E-state index contributed by atoms with van der Waals surface area (Å²) in [5.74, 6) is 0.216. The van der Waals surface area contributed by atoms with E-state index in [1.165, 1.54) is 11.6 Å². The molecule has 1 N–H and O–H groups in total. The van der Waals surface area contributed by atoms with Gasteiger partial charge in [0.2, 0.25) is 0 Å². The lowest BCUT2D eigenvalue weighted by Crippen LogP contribution is -1.96. The summed E-state index contributed by atoms with van der Waals surface area (Å²) in [5.41, 5.74) is 1.46. The second-order valence-electron chi connectivity index (χ2n) is 4.48. The molecule has 0 bridgehead atoms. The third kappa shape index (κ3) is 3.84. The lowest BCUT2D eigenvalue weighted by Gasteiger charge is -2.08. The summed E-state index contributed by atoms with van der Waals surface area (Å²) in [6.45, 7) is 2.14. The molecule has 0 aliphatic carbocycles. The summed E-state index contributed by atoms with van der Waals surface area (Å²) in [6, 6.07) is 12.6. The molecule has 0 fully saturated rings. The van der Waals surface area contributed by atoms with Gasteiger partial charge in [0, 0.05) is 4.47 Å². The van der Waals surface area contributed by atoms with E-state index < -0.39 is 5.97 Å². The van der Waals surface area contributed by atoms with E-state index in [9.17, 15) is 4.79 Å². The van der Waals surface area contributed by atoms with Crippen LogP contribution >= 0.6 is 15.9 Å². The minimum absolute atomic E-state index is 0.192. The molecule has 2 aromatic rings. The summed E-state index contributed by atoms with van der Waals surface area (Å²) < 4.78 is 6.37. The summed E-state index contributed by atoms with van der Waals surface area (Å²) in [4.78, 5) is 11.0. The molecule has 0 aromatic heterocycles. The number of halogens is 1. The van der Waals surface area contributed by atoms with Crippen molar-refractivity contribution in [2.75, 3.05) is 0 Å². The zero-order valence-corrected chi connectivity index (χ0v) is 12.7. The van der Waals surface area contributed by atoms with Gasteiger partial charge in [-0.1, -0.05) is 41.4 Å². The molecule has 0 saturated heterocycles. The van der Waals surface area contributed by atoms with E-state index in [0.717, 1.165) is 12.8 Å². The highest BCUT2D eigenvalue weighted by Gasteiger charge is 2.07. The number of carboxylic acids is 1. The smallest absolute Gasteiger partial charge is 0.335 e. The number of hydrogen-bond donors (Lipinski definition) is 1. The van der Waals surface area contributed by atoms with Gasteiger partial charge >= 0.3 is 5.97 Å². The number of carbonyl (C=O) groups is 1. The highest BCUT2D eigenvalue weighted by atomic mass is 79.9. The quantitative estimate of drug-likeness (QED) is 0.846. The molecular weight excluding hydrogens is 320 g/mol. The maximum Gasteiger partial charge on any atom is 0.335 e. The molecule has 0 saturated carbocycles. The van der Waals surface area contributed by atoms with Gasteiger partial charge in [0.25, 0.3) is 0 Å². The number of rotatable bonds is 5.